The zero-order chi connectivity index (χ0) is 15.2. The van der Waals surface area contributed by atoms with Gasteiger partial charge < -0.3 is 5.32 Å². The van der Waals surface area contributed by atoms with Gasteiger partial charge in [-0.1, -0.05) is 38.8 Å². The van der Waals surface area contributed by atoms with Crippen LogP contribution in [0.4, 0.5) is 4.39 Å². The molecule has 1 aromatic carbocycles. The zero-order valence-electron chi connectivity index (χ0n) is 13.5. The highest BCUT2D eigenvalue weighted by Gasteiger charge is 2.23. The van der Waals surface area contributed by atoms with Crippen molar-refractivity contribution >= 4 is 11.8 Å². The van der Waals surface area contributed by atoms with Crippen LogP contribution in [0.3, 0.4) is 0 Å². The summed E-state index contributed by atoms with van der Waals surface area (Å²) in [6.45, 7) is 7.59. The topological polar surface area (TPSA) is 12.0 Å². The quantitative estimate of drug-likeness (QED) is 0.738. The highest BCUT2D eigenvalue weighted by molar-refractivity contribution is 8.00. The van der Waals surface area contributed by atoms with E-state index >= 15 is 0 Å². The van der Waals surface area contributed by atoms with E-state index in [1.807, 2.05) is 6.07 Å². The van der Waals surface area contributed by atoms with Crippen molar-refractivity contribution in [2.45, 2.75) is 69.1 Å². The zero-order valence-corrected chi connectivity index (χ0v) is 14.3. The Morgan fingerprint density at radius 1 is 1.38 bits per heavy atom. The maximum Gasteiger partial charge on any atom is 0.137 e. The third-order valence-electron chi connectivity index (χ3n) is 4.34. The molecule has 1 aliphatic rings. The van der Waals surface area contributed by atoms with Crippen LogP contribution in [0.5, 0.6) is 0 Å². The molecule has 3 unspecified atom stereocenters. The summed E-state index contributed by atoms with van der Waals surface area (Å²) in [7, 11) is 0. The summed E-state index contributed by atoms with van der Waals surface area (Å²) in [6, 6.07) is 5.72. The minimum Gasteiger partial charge on any atom is -0.310 e. The molecule has 1 saturated carbocycles. The fraction of sp³-hybridized carbons (Fsp3) is 0.667. The van der Waals surface area contributed by atoms with Crippen LogP contribution in [0.15, 0.2) is 23.1 Å². The van der Waals surface area contributed by atoms with E-state index in [0.29, 0.717) is 5.25 Å². The van der Waals surface area contributed by atoms with Gasteiger partial charge in [0.05, 0.1) is 0 Å². The summed E-state index contributed by atoms with van der Waals surface area (Å²) in [5, 5.41) is 4.05. The van der Waals surface area contributed by atoms with E-state index in [1.165, 1.54) is 25.7 Å². The van der Waals surface area contributed by atoms with Crippen molar-refractivity contribution in [1.29, 1.82) is 0 Å². The lowest BCUT2D eigenvalue weighted by atomic mass is 9.91. The highest BCUT2D eigenvalue weighted by atomic mass is 32.2. The molecular formula is C18H28FNS. The van der Waals surface area contributed by atoms with Crippen molar-refractivity contribution in [2.24, 2.45) is 5.92 Å². The second kappa shape index (κ2) is 8.19. The number of nitrogens with one attached hydrogen (secondary N) is 1. The molecule has 0 saturated heterocycles. The average molecular weight is 309 g/mol. The molecule has 1 aromatic rings. The molecule has 118 valence electrons. The van der Waals surface area contributed by atoms with Crippen LogP contribution in [-0.2, 0) is 0 Å². The first kappa shape index (κ1) is 16.8. The molecule has 0 heterocycles. The van der Waals surface area contributed by atoms with Gasteiger partial charge in [0.25, 0.3) is 0 Å². The van der Waals surface area contributed by atoms with Crippen molar-refractivity contribution in [1.82, 2.24) is 5.32 Å². The van der Waals surface area contributed by atoms with Crippen molar-refractivity contribution in [3.05, 3.63) is 29.6 Å². The van der Waals surface area contributed by atoms with Gasteiger partial charge in [-0.15, -0.1) is 11.8 Å². The van der Waals surface area contributed by atoms with Crippen LogP contribution in [-0.4, -0.2) is 11.8 Å². The molecular weight excluding hydrogens is 281 g/mol. The Bertz CT molecular complexity index is 449. The van der Waals surface area contributed by atoms with Crippen molar-refractivity contribution < 1.29 is 4.39 Å². The molecule has 1 fully saturated rings. The first-order valence-corrected chi connectivity index (χ1v) is 9.18. The minimum absolute atomic E-state index is 0.0547. The molecule has 1 nitrogen and oxygen atoms in total. The van der Waals surface area contributed by atoms with E-state index in [9.17, 15) is 4.39 Å². The Morgan fingerprint density at radius 3 is 2.90 bits per heavy atom. The fourth-order valence-electron chi connectivity index (χ4n) is 3.11. The largest absolute Gasteiger partial charge is 0.310 e. The van der Waals surface area contributed by atoms with Crippen molar-refractivity contribution in [3.8, 4) is 0 Å². The summed E-state index contributed by atoms with van der Waals surface area (Å²) in [5.41, 5.74) is 1.12. The van der Waals surface area contributed by atoms with Crippen molar-refractivity contribution in [3.63, 3.8) is 0 Å². The molecule has 2 rings (SSSR count). The molecule has 1 aliphatic carbocycles. The molecule has 3 atom stereocenters. The van der Waals surface area contributed by atoms with Crippen LogP contribution in [0.1, 0.15) is 64.5 Å². The number of hydrogen-bond donors (Lipinski definition) is 1. The minimum atomic E-state index is -0.0547. The number of benzene rings is 1. The number of rotatable bonds is 6. The Hall–Kier alpha value is -0.540. The van der Waals surface area contributed by atoms with E-state index in [2.05, 4.69) is 32.2 Å². The summed E-state index contributed by atoms with van der Waals surface area (Å²) >= 11 is 1.77. The maximum atomic E-state index is 14.3. The summed E-state index contributed by atoms with van der Waals surface area (Å²) in [4.78, 5) is 0.868. The first-order chi connectivity index (χ1) is 10.1. The van der Waals surface area contributed by atoms with Crippen LogP contribution in [0, 0.1) is 11.7 Å². The molecule has 21 heavy (non-hydrogen) atoms. The monoisotopic (exact) mass is 309 g/mol. The Labute approximate surface area is 133 Å². The Morgan fingerprint density at radius 2 is 2.19 bits per heavy atom. The summed E-state index contributed by atoms with van der Waals surface area (Å²) in [5.74, 6) is 0.725. The van der Waals surface area contributed by atoms with Gasteiger partial charge in [0, 0.05) is 16.2 Å². The highest BCUT2D eigenvalue weighted by Crippen LogP contribution is 2.39. The lowest BCUT2D eigenvalue weighted by Gasteiger charge is -2.28. The van der Waals surface area contributed by atoms with E-state index in [-0.39, 0.29) is 11.9 Å². The average Bonchev–Trinajstić information content (AvgIpc) is 2.47. The fourth-order valence-corrected chi connectivity index (χ4v) is 4.72. The predicted molar refractivity (Wildman–Crippen MR) is 90.4 cm³/mol. The smallest absolute Gasteiger partial charge is 0.137 e. The molecule has 3 heteroatoms. The Balaban J connectivity index is 2.13. The van der Waals surface area contributed by atoms with Crippen LogP contribution >= 0.6 is 11.8 Å². The molecule has 1 N–H and O–H groups in total. The second-order valence-corrected chi connectivity index (χ2v) is 7.66. The molecule has 0 radical (unpaired) electrons. The first-order valence-electron chi connectivity index (χ1n) is 8.30. The van der Waals surface area contributed by atoms with Crippen LogP contribution in [0.2, 0.25) is 0 Å². The molecule has 0 aromatic heterocycles. The standard InChI is InChI=1S/C18H28FNS/c1-4-11-20-14(3)16-9-6-10-17(19)18(16)21-15-8-5-7-13(2)12-15/h6,9-10,13-15,20H,4-5,7-8,11-12H2,1-3H3. The number of halogens is 1. The SMILES string of the molecule is CCCNC(C)c1cccc(F)c1SC1CCCC(C)C1. The van der Waals surface area contributed by atoms with Gasteiger partial charge in [-0.3, -0.25) is 0 Å². The number of thioether (sulfide) groups is 1. The lowest BCUT2D eigenvalue weighted by molar-refractivity contribution is 0.394. The molecule has 0 bridgehead atoms. The van der Waals surface area contributed by atoms with Gasteiger partial charge in [-0.2, -0.15) is 0 Å². The van der Waals surface area contributed by atoms with E-state index < -0.39 is 0 Å². The molecule has 0 spiro atoms. The van der Waals surface area contributed by atoms with Gasteiger partial charge in [0.15, 0.2) is 0 Å². The van der Waals surface area contributed by atoms with E-state index in [0.717, 1.165) is 29.3 Å². The number of hydrogen-bond acceptors (Lipinski definition) is 2. The lowest BCUT2D eigenvalue weighted by Crippen LogP contribution is -2.21. The second-order valence-electron chi connectivity index (χ2n) is 6.35. The van der Waals surface area contributed by atoms with E-state index in [1.54, 1.807) is 17.8 Å². The van der Waals surface area contributed by atoms with Gasteiger partial charge in [-0.05, 0) is 50.3 Å². The van der Waals surface area contributed by atoms with Gasteiger partial charge in [0.2, 0.25) is 0 Å². The summed E-state index contributed by atoms with van der Waals surface area (Å²) < 4.78 is 14.3. The van der Waals surface area contributed by atoms with Crippen LogP contribution in [0.25, 0.3) is 0 Å². The predicted octanol–water partition coefficient (Wildman–Crippen LogP) is 5.56. The van der Waals surface area contributed by atoms with Gasteiger partial charge in [-0.25, -0.2) is 4.39 Å². The molecule has 0 amide bonds. The van der Waals surface area contributed by atoms with Crippen molar-refractivity contribution in [2.75, 3.05) is 6.54 Å². The Kier molecular flexibility index (Phi) is 6.56. The third kappa shape index (κ3) is 4.72. The summed E-state index contributed by atoms with van der Waals surface area (Å²) in [6.07, 6.45) is 6.15. The maximum absolute atomic E-state index is 14.3. The van der Waals surface area contributed by atoms with E-state index in [4.69, 9.17) is 0 Å². The van der Waals surface area contributed by atoms with Gasteiger partial charge >= 0.3 is 0 Å². The van der Waals surface area contributed by atoms with Crippen LogP contribution < -0.4 is 5.32 Å². The molecule has 0 aliphatic heterocycles. The van der Waals surface area contributed by atoms with Gasteiger partial charge in [0.1, 0.15) is 5.82 Å². The third-order valence-corrected chi connectivity index (χ3v) is 5.77. The normalized spacial score (nSPS) is 24.0.